The molecule has 139 heavy (non-hydrogen) atoms. The number of aryl methyl sites for hydroxylation is 2. The van der Waals surface area contributed by atoms with E-state index in [2.05, 4.69) is 121 Å². The van der Waals surface area contributed by atoms with Crippen LogP contribution in [-0.4, -0.2) is 104 Å². The van der Waals surface area contributed by atoms with Crippen molar-refractivity contribution in [2.75, 3.05) is 47.9 Å². The normalized spacial score (nSPS) is 11.1. The van der Waals surface area contributed by atoms with Gasteiger partial charge >= 0.3 is 0 Å². The second kappa shape index (κ2) is 42.6. The molecule has 0 atom stereocenters. The molecule has 0 bridgehead atoms. The summed E-state index contributed by atoms with van der Waals surface area (Å²) in [5.74, 6) is 4.73. The molecule has 0 saturated carbocycles. The second-order valence-corrected chi connectivity index (χ2v) is 34.5. The molecule has 11 aromatic heterocycles. The number of aromatic nitrogens is 10. The van der Waals surface area contributed by atoms with Gasteiger partial charge in [-0.1, -0.05) is 190 Å². The first-order valence-corrected chi connectivity index (χ1v) is 45.6. The van der Waals surface area contributed by atoms with E-state index < -0.39 is 34.5 Å². The molecule has 12 N–H and O–H groups in total. The molecule has 0 aliphatic carbocycles. The van der Waals surface area contributed by atoms with Crippen LogP contribution in [-0.2, 0) is 51.0 Å². The van der Waals surface area contributed by atoms with Crippen molar-refractivity contribution >= 4 is 91.3 Å². The Balaban J connectivity index is 0.000000120. The number of nitrogens with zero attached hydrogens (tertiary/aromatic N) is 10. The molecular weight excluding hydrogens is 1790 g/mol. The smallest absolute Gasteiger partial charge is 0.200 e. The zero-order valence-electron chi connectivity index (χ0n) is 76.9. The molecule has 11 heterocycles. The van der Waals surface area contributed by atoms with Crippen molar-refractivity contribution in [3.8, 4) is 103 Å². The number of hydrogen-bond donors (Lipinski definition) is 12. The van der Waals surface area contributed by atoms with Crippen molar-refractivity contribution in [3.05, 3.63) is 401 Å². The molecule has 10 aromatic carbocycles. The fraction of sp³-hybridized carbons (Fsp3) is 0.126. The van der Waals surface area contributed by atoms with Gasteiger partial charge in [-0.2, -0.15) is 0 Å². The molecule has 0 aliphatic heterocycles. The van der Waals surface area contributed by atoms with Crippen LogP contribution in [0.4, 0.5) is 29.1 Å². The number of pyridine rings is 5. The van der Waals surface area contributed by atoms with E-state index in [-0.39, 0.29) is 11.2 Å². The number of fused-ring (bicyclic) bond motifs is 6. The van der Waals surface area contributed by atoms with Crippen LogP contribution in [0.15, 0.2) is 351 Å². The van der Waals surface area contributed by atoms with Gasteiger partial charge < -0.3 is 81.0 Å². The minimum absolute atomic E-state index is 0.178. The Hall–Kier alpha value is -17.2. The van der Waals surface area contributed by atoms with Crippen molar-refractivity contribution in [3.63, 3.8) is 0 Å². The van der Waals surface area contributed by atoms with E-state index >= 15 is 0 Å². The van der Waals surface area contributed by atoms with E-state index in [4.69, 9.17) is 51.8 Å². The number of rotatable bonds is 25. The number of phenols is 7. The third-order valence-corrected chi connectivity index (χ3v) is 23.8. The van der Waals surface area contributed by atoms with E-state index in [9.17, 15) is 35.7 Å². The van der Waals surface area contributed by atoms with Gasteiger partial charge in [0.2, 0.25) is 11.5 Å². The summed E-state index contributed by atoms with van der Waals surface area (Å²) in [7, 11) is 4.99. The van der Waals surface area contributed by atoms with Crippen molar-refractivity contribution in [2.45, 2.75) is 71.8 Å². The lowest BCUT2D eigenvalue weighted by Crippen LogP contribution is -2.10. The minimum Gasteiger partial charge on any atom is -0.507 e. The zero-order valence-corrected chi connectivity index (χ0v) is 78.4. The third kappa shape index (κ3) is 21.6. The maximum Gasteiger partial charge on any atom is 0.200 e. The first-order chi connectivity index (χ1) is 67.6. The van der Waals surface area contributed by atoms with E-state index in [0.717, 1.165) is 120 Å². The van der Waals surface area contributed by atoms with Crippen LogP contribution in [0.25, 0.3) is 84.2 Å². The van der Waals surface area contributed by atoms with Gasteiger partial charge in [0, 0.05) is 84.9 Å². The Labute approximate surface area is 811 Å². The van der Waals surface area contributed by atoms with Crippen LogP contribution < -0.4 is 40.8 Å². The molecule has 28 heteroatoms. The molecule has 700 valence electrons. The first kappa shape index (κ1) is 93.6. The third-order valence-electron chi connectivity index (χ3n) is 23.3. The van der Waals surface area contributed by atoms with Crippen molar-refractivity contribution in [2.24, 2.45) is 0 Å². The van der Waals surface area contributed by atoms with Crippen LogP contribution in [0.5, 0.6) is 57.5 Å². The van der Waals surface area contributed by atoms with Gasteiger partial charge in [-0.3, -0.25) is 22.0 Å². The standard InChI is InChI=1S/C27H31N3O.C24H18ClN3O.C21H19N3O4.C20H16ClN3O3.C19H17N3O2/c1-27(2,3)22-14-11-20(12-15-22)13-16-24-26(30-17-6-5-10-25(30)29-24)28-19-21-8-7-9-23(18-21)31-4;25-18-8-5-6-16(14-18)15-26-24-23(27-21-10-3-4-13-28(21)24)22-19-9-2-1-7-17(19)11-12-20(22)29;1-28-14-6-4-5-13(11-14)12-22-21-18(23-17-7-2-3-10-24(17)21)15-8-9-16(25)20(27)19(15)26;21-13-5-3-4-12(10-13)11-22-20-17(23-16-6-1-2-9-24(16)20)14-7-8-15(25)19(27)18(14)26;1-23-15-7-4-6-14(12-15)13-20-19-18(16-8-5-11-24-16)21-17-9-2-3-10-22(17)19/h5-12,14-15,17-18,28H,13,16,19H2,1-4H3;1-14,26,29H,15H2;2-11,22,25-27H,12H2,1H3;1-10,22,25-27H,11H2;2-12,20H,13H2,1H3. The number of aromatic hydroxyl groups is 7. The molecule has 0 spiro atoms. The topological polar surface area (TPSA) is 329 Å². The molecule has 0 unspecified atom stereocenters. The highest BCUT2D eigenvalue weighted by Crippen LogP contribution is 2.47. The van der Waals surface area contributed by atoms with Crippen LogP contribution in [0.1, 0.15) is 65.4 Å². The van der Waals surface area contributed by atoms with Gasteiger partial charge in [-0.05, 0) is 232 Å². The number of hydrogen-bond acceptors (Lipinski definition) is 21. The van der Waals surface area contributed by atoms with Gasteiger partial charge in [0.1, 0.15) is 103 Å². The zero-order chi connectivity index (χ0) is 96.6. The van der Waals surface area contributed by atoms with Crippen LogP contribution in [0.3, 0.4) is 0 Å². The number of benzene rings is 10. The number of ether oxygens (including phenoxy) is 3. The van der Waals surface area contributed by atoms with E-state index in [1.54, 1.807) is 33.7 Å². The quantitative estimate of drug-likeness (QED) is 0.0237. The average Bonchev–Trinajstić information content (AvgIpc) is 1.62. The molecule has 26 nitrogen and oxygen atoms in total. The minimum atomic E-state index is -0.578. The van der Waals surface area contributed by atoms with Gasteiger partial charge in [0.05, 0.1) is 38.8 Å². The lowest BCUT2D eigenvalue weighted by molar-refractivity contribution is 0.369. The number of furan rings is 1. The number of nitrogens with one attached hydrogen (secondary N) is 5. The fourth-order valence-corrected chi connectivity index (χ4v) is 16.7. The Kier molecular flexibility index (Phi) is 28.6. The van der Waals surface area contributed by atoms with Crippen molar-refractivity contribution < 1.29 is 54.4 Å². The summed E-state index contributed by atoms with van der Waals surface area (Å²) < 4.78 is 31.3. The largest absolute Gasteiger partial charge is 0.507 e. The van der Waals surface area contributed by atoms with Gasteiger partial charge in [-0.15, -0.1) is 0 Å². The van der Waals surface area contributed by atoms with Gasteiger partial charge in [-0.25, -0.2) is 24.9 Å². The van der Waals surface area contributed by atoms with Crippen LogP contribution in [0, 0.1) is 0 Å². The number of anilines is 5. The molecular formula is C111H101Cl2N15O11. The SMILES string of the molecule is COc1cccc(CNc2c(-c3ccc(O)c(O)c3O)nc3ccccn23)c1.COc1cccc(CNc2c(-c3ccco3)nc3ccccn23)c1.COc1cccc(CNc2c(CCc3ccc(C(C)(C)C)cc3)nc3ccccn23)c1.Oc1ccc(-c2nc3ccccn3c2NCc2cccc(Cl)c2)c(O)c1O.Oc1ccc2ccccc2c1-c1nc2ccccn2c1NCc1cccc(Cl)c1. The summed E-state index contributed by atoms with van der Waals surface area (Å²) in [5.41, 5.74) is 17.1. The summed E-state index contributed by atoms with van der Waals surface area (Å²) in [6.07, 6.45) is 13.2. The van der Waals surface area contributed by atoms with E-state index in [1.165, 1.54) is 41.0 Å². The van der Waals surface area contributed by atoms with Crippen LogP contribution in [0.2, 0.25) is 10.0 Å². The second-order valence-electron chi connectivity index (χ2n) is 33.6. The molecule has 0 fully saturated rings. The molecule has 0 saturated heterocycles. The summed E-state index contributed by atoms with van der Waals surface area (Å²) >= 11 is 12.2. The summed E-state index contributed by atoms with van der Waals surface area (Å²) in [4.78, 5) is 23.6. The molecule has 21 rings (SSSR count). The van der Waals surface area contributed by atoms with Gasteiger partial charge in [0.15, 0.2) is 28.8 Å². The van der Waals surface area contributed by atoms with Gasteiger partial charge in [0.25, 0.3) is 0 Å². The number of halogens is 2. The van der Waals surface area contributed by atoms with E-state index in [1.807, 2.05) is 273 Å². The summed E-state index contributed by atoms with van der Waals surface area (Å²) in [6.45, 7) is 9.69. The van der Waals surface area contributed by atoms with E-state index in [0.29, 0.717) is 93.9 Å². The fourth-order valence-electron chi connectivity index (χ4n) is 16.2. The molecule has 21 aromatic rings. The van der Waals surface area contributed by atoms with Crippen LogP contribution >= 0.6 is 23.2 Å². The van der Waals surface area contributed by atoms with Crippen molar-refractivity contribution in [1.82, 2.24) is 46.9 Å². The lowest BCUT2D eigenvalue weighted by atomic mass is 9.86. The molecule has 0 aliphatic rings. The number of methoxy groups -OCH3 is 3. The Bertz CT molecular complexity index is 7880. The number of phenolic OH excluding ortho intramolecular Hbond substituents is 7. The predicted molar refractivity (Wildman–Crippen MR) is 550 cm³/mol. The summed E-state index contributed by atoms with van der Waals surface area (Å²) in [5, 5.41) is 91.0. The maximum absolute atomic E-state index is 10.7. The number of imidazole rings is 5. The Morgan fingerprint density at radius 2 is 0.683 bits per heavy atom. The average molecular weight is 1890 g/mol. The van der Waals surface area contributed by atoms with Crippen molar-refractivity contribution in [1.29, 1.82) is 0 Å². The monoisotopic (exact) mass is 1890 g/mol. The predicted octanol–water partition coefficient (Wildman–Crippen LogP) is 24.5. The maximum atomic E-state index is 10.7. The summed E-state index contributed by atoms with van der Waals surface area (Å²) in [6, 6.07) is 98.3. The molecule has 0 amide bonds. The highest BCUT2D eigenvalue weighted by atomic mass is 35.5. The molecule has 0 radical (unpaired) electrons. The first-order valence-electron chi connectivity index (χ1n) is 44.9. The highest BCUT2D eigenvalue weighted by molar-refractivity contribution is 6.31. The lowest BCUT2D eigenvalue weighted by Gasteiger charge is -2.19. The Morgan fingerprint density at radius 3 is 1.10 bits per heavy atom. The Morgan fingerprint density at radius 1 is 0.317 bits per heavy atom. The highest BCUT2D eigenvalue weighted by Gasteiger charge is 2.26.